The Hall–Kier alpha value is -0.950. The summed E-state index contributed by atoms with van der Waals surface area (Å²) in [6, 6.07) is 5.28. The minimum Gasteiger partial charge on any atom is -0.375 e. The zero-order valence-corrected chi connectivity index (χ0v) is 10.7. The highest BCUT2D eigenvalue weighted by molar-refractivity contribution is 14.1. The molecule has 0 saturated heterocycles. The third-order valence-corrected chi connectivity index (χ3v) is 3.23. The van der Waals surface area contributed by atoms with Crippen molar-refractivity contribution >= 4 is 40.0 Å². The van der Waals surface area contributed by atoms with Gasteiger partial charge in [0.15, 0.2) is 5.60 Å². The number of amides is 1. The Kier molecular flexibility index (Phi) is 2.75. The second-order valence-electron chi connectivity index (χ2n) is 3.88. The first-order chi connectivity index (χ1) is 7.43. The number of rotatable bonds is 2. The van der Waals surface area contributed by atoms with Gasteiger partial charge >= 0.3 is 0 Å². The quantitative estimate of drug-likeness (QED) is 0.806. The van der Waals surface area contributed by atoms with E-state index in [1.54, 1.807) is 12.1 Å². The van der Waals surface area contributed by atoms with E-state index in [0.717, 1.165) is 3.57 Å². The van der Waals surface area contributed by atoms with Gasteiger partial charge in [0.25, 0.3) is 5.91 Å². The van der Waals surface area contributed by atoms with E-state index in [4.69, 9.17) is 0 Å². The van der Waals surface area contributed by atoms with Gasteiger partial charge in [-0.1, -0.05) is 0 Å². The Morgan fingerprint density at radius 1 is 1.56 bits per heavy atom. The molecule has 0 unspecified atom stereocenters. The molecule has 1 atom stereocenters. The molecule has 1 aromatic rings. The second kappa shape index (κ2) is 3.81. The molecule has 4 nitrogen and oxygen atoms in total. The molecule has 1 aromatic carbocycles. The number of carbonyl (C=O) groups excluding carboxylic acids is 2. The number of halogens is 1. The van der Waals surface area contributed by atoms with Crippen molar-refractivity contribution in [2.24, 2.45) is 0 Å². The first kappa shape index (κ1) is 11.5. The molecular formula is C11H10INO3. The van der Waals surface area contributed by atoms with Crippen LogP contribution in [0.1, 0.15) is 18.9 Å². The van der Waals surface area contributed by atoms with Crippen molar-refractivity contribution < 1.29 is 14.7 Å². The van der Waals surface area contributed by atoms with Crippen molar-refractivity contribution in [3.05, 3.63) is 27.3 Å². The smallest absolute Gasteiger partial charge is 0.261 e. The van der Waals surface area contributed by atoms with E-state index in [9.17, 15) is 14.7 Å². The van der Waals surface area contributed by atoms with Crippen LogP contribution < -0.4 is 5.32 Å². The SMILES string of the molecule is CC(=O)C[C@]1(O)C(=O)Nc2ccc(I)cc21. The lowest BCUT2D eigenvalue weighted by Crippen LogP contribution is -2.36. The van der Waals surface area contributed by atoms with Gasteiger partial charge in [-0.15, -0.1) is 0 Å². The van der Waals surface area contributed by atoms with E-state index in [1.807, 2.05) is 6.07 Å². The number of nitrogens with one attached hydrogen (secondary N) is 1. The molecule has 0 bridgehead atoms. The minimum atomic E-state index is -1.71. The van der Waals surface area contributed by atoms with Crippen LogP contribution in [0.4, 0.5) is 5.69 Å². The summed E-state index contributed by atoms with van der Waals surface area (Å²) in [6.07, 6.45) is -0.189. The second-order valence-corrected chi connectivity index (χ2v) is 5.13. The maximum absolute atomic E-state index is 11.7. The van der Waals surface area contributed by atoms with Crippen LogP contribution in [0.2, 0.25) is 0 Å². The largest absolute Gasteiger partial charge is 0.375 e. The zero-order valence-electron chi connectivity index (χ0n) is 8.58. The molecule has 0 saturated carbocycles. The highest BCUT2D eigenvalue weighted by atomic mass is 127. The minimum absolute atomic E-state index is 0.189. The van der Waals surface area contributed by atoms with Gasteiger partial charge < -0.3 is 10.4 Å². The fraction of sp³-hybridized carbons (Fsp3) is 0.273. The number of anilines is 1. The predicted octanol–water partition coefficient (Wildman–Crippen LogP) is 1.41. The van der Waals surface area contributed by atoms with Crippen LogP contribution in [-0.4, -0.2) is 16.8 Å². The van der Waals surface area contributed by atoms with E-state index in [2.05, 4.69) is 27.9 Å². The molecule has 2 N–H and O–H groups in total. The Balaban J connectivity index is 2.53. The Bertz CT molecular complexity index is 486. The highest BCUT2D eigenvalue weighted by Crippen LogP contribution is 2.39. The van der Waals surface area contributed by atoms with E-state index in [1.165, 1.54) is 6.92 Å². The summed E-state index contributed by atoms with van der Waals surface area (Å²) in [4.78, 5) is 22.8. The summed E-state index contributed by atoms with van der Waals surface area (Å²) in [5.41, 5.74) is -0.642. The van der Waals surface area contributed by atoms with Gasteiger partial charge in [-0.05, 0) is 47.7 Å². The van der Waals surface area contributed by atoms with Crippen molar-refractivity contribution in [1.82, 2.24) is 0 Å². The third-order valence-electron chi connectivity index (χ3n) is 2.56. The Morgan fingerprint density at radius 2 is 2.25 bits per heavy atom. The van der Waals surface area contributed by atoms with Crippen LogP contribution in [-0.2, 0) is 15.2 Å². The number of hydrogen-bond donors (Lipinski definition) is 2. The van der Waals surface area contributed by atoms with Gasteiger partial charge in [-0.25, -0.2) is 0 Å². The van der Waals surface area contributed by atoms with Gasteiger partial charge in [-0.2, -0.15) is 0 Å². The van der Waals surface area contributed by atoms with Crippen molar-refractivity contribution in [3.8, 4) is 0 Å². The van der Waals surface area contributed by atoms with E-state index in [0.29, 0.717) is 11.3 Å². The molecule has 1 aliphatic rings. The summed E-state index contributed by atoms with van der Waals surface area (Å²) >= 11 is 2.10. The number of hydrogen-bond acceptors (Lipinski definition) is 3. The Labute approximate surface area is 106 Å². The van der Waals surface area contributed by atoms with Crippen LogP contribution >= 0.6 is 22.6 Å². The summed E-state index contributed by atoms with van der Waals surface area (Å²) in [7, 11) is 0. The maximum Gasteiger partial charge on any atom is 0.261 e. The fourth-order valence-electron chi connectivity index (χ4n) is 1.85. The molecule has 1 amide bonds. The Morgan fingerprint density at radius 3 is 2.88 bits per heavy atom. The van der Waals surface area contributed by atoms with Gasteiger partial charge in [0.05, 0.1) is 0 Å². The molecule has 0 aromatic heterocycles. The lowest BCUT2D eigenvalue weighted by molar-refractivity contribution is -0.139. The molecular weight excluding hydrogens is 321 g/mol. The van der Waals surface area contributed by atoms with Gasteiger partial charge in [0, 0.05) is 21.2 Å². The summed E-state index contributed by atoms with van der Waals surface area (Å²) in [6.45, 7) is 1.36. The normalized spacial score (nSPS) is 22.8. The van der Waals surface area contributed by atoms with Crippen molar-refractivity contribution in [2.45, 2.75) is 18.9 Å². The molecule has 1 aliphatic heterocycles. The number of aliphatic hydroxyl groups is 1. The summed E-state index contributed by atoms with van der Waals surface area (Å²) in [5, 5.41) is 12.8. The third kappa shape index (κ3) is 1.73. The number of ketones is 1. The number of Topliss-reactive ketones (excluding diaryl/α,β-unsaturated/α-hetero) is 1. The fourth-order valence-corrected chi connectivity index (χ4v) is 2.34. The first-order valence-electron chi connectivity index (χ1n) is 4.77. The van der Waals surface area contributed by atoms with Crippen LogP contribution in [0.5, 0.6) is 0 Å². The standard InChI is InChI=1S/C11H10INO3/c1-6(14)5-11(16)8-4-7(12)2-3-9(8)13-10(11)15/h2-4,16H,5H2,1H3,(H,13,15)/t11-/m1/s1. The average Bonchev–Trinajstić information content (AvgIpc) is 2.40. The van der Waals surface area contributed by atoms with E-state index >= 15 is 0 Å². The number of carbonyl (C=O) groups is 2. The molecule has 84 valence electrons. The van der Waals surface area contributed by atoms with Crippen LogP contribution in [0, 0.1) is 3.57 Å². The molecule has 0 aliphatic carbocycles. The molecule has 5 heteroatoms. The molecule has 0 spiro atoms. The summed E-state index contributed by atoms with van der Waals surface area (Å²) in [5.74, 6) is -0.746. The van der Waals surface area contributed by atoms with Crippen LogP contribution in [0.15, 0.2) is 18.2 Å². The van der Waals surface area contributed by atoms with Gasteiger partial charge in [-0.3, -0.25) is 9.59 Å². The lowest BCUT2D eigenvalue weighted by Gasteiger charge is -2.19. The van der Waals surface area contributed by atoms with Crippen molar-refractivity contribution in [2.75, 3.05) is 5.32 Å². The average molecular weight is 331 g/mol. The number of fused-ring (bicyclic) bond motifs is 1. The van der Waals surface area contributed by atoms with Crippen LogP contribution in [0.25, 0.3) is 0 Å². The molecule has 1 heterocycles. The topological polar surface area (TPSA) is 66.4 Å². The van der Waals surface area contributed by atoms with Crippen molar-refractivity contribution in [3.63, 3.8) is 0 Å². The van der Waals surface area contributed by atoms with E-state index in [-0.39, 0.29) is 12.2 Å². The van der Waals surface area contributed by atoms with Gasteiger partial charge in [0.1, 0.15) is 5.78 Å². The highest BCUT2D eigenvalue weighted by Gasteiger charge is 2.46. The molecule has 0 fully saturated rings. The zero-order chi connectivity index (χ0) is 11.9. The van der Waals surface area contributed by atoms with Crippen LogP contribution in [0.3, 0.4) is 0 Å². The van der Waals surface area contributed by atoms with E-state index < -0.39 is 11.5 Å². The lowest BCUT2D eigenvalue weighted by atomic mass is 9.90. The first-order valence-corrected chi connectivity index (χ1v) is 5.84. The van der Waals surface area contributed by atoms with Crippen molar-refractivity contribution in [1.29, 1.82) is 0 Å². The predicted molar refractivity (Wildman–Crippen MR) is 67.0 cm³/mol. The molecule has 0 radical (unpaired) electrons. The molecule has 16 heavy (non-hydrogen) atoms. The monoisotopic (exact) mass is 331 g/mol. The maximum atomic E-state index is 11.7. The van der Waals surface area contributed by atoms with Gasteiger partial charge in [0.2, 0.25) is 0 Å². The number of benzene rings is 1. The molecule has 2 rings (SSSR count). The summed E-state index contributed by atoms with van der Waals surface area (Å²) < 4.78 is 0.912.